The number of carbonyl (C=O) groups is 2. The Bertz CT molecular complexity index is 1340. The number of hydrogen-bond donors (Lipinski definition) is 1. The Kier molecular flexibility index (Phi) is 7.40. The molecule has 2 saturated carbocycles. The van der Waals surface area contributed by atoms with Gasteiger partial charge in [0.05, 0.1) is 27.5 Å². The van der Waals surface area contributed by atoms with Crippen LogP contribution in [0.1, 0.15) is 70.7 Å². The van der Waals surface area contributed by atoms with Gasteiger partial charge in [0.2, 0.25) is 10.0 Å². The number of benzene rings is 2. The number of nitrogens with zero attached hydrogens (tertiary/aromatic N) is 1. The predicted octanol–water partition coefficient (Wildman–Crippen LogP) is 5.16. The lowest BCUT2D eigenvalue weighted by Crippen LogP contribution is -2.39. The van der Waals surface area contributed by atoms with E-state index in [9.17, 15) is 22.4 Å². The first-order valence-electron chi connectivity index (χ1n) is 12.4. The van der Waals surface area contributed by atoms with E-state index in [4.69, 9.17) is 27.9 Å². The highest BCUT2D eigenvalue weighted by Gasteiger charge is 2.38. The molecule has 7 nitrogen and oxygen atoms in total. The first-order valence-corrected chi connectivity index (χ1v) is 14.7. The minimum absolute atomic E-state index is 0.103. The Hall–Kier alpha value is -2.36. The zero-order valence-electron chi connectivity index (χ0n) is 20.0. The van der Waals surface area contributed by atoms with E-state index in [2.05, 4.69) is 0 Å². The molecular weight excluding hydrogens is 542 g/mol. The number of piperidine rings is 1. The molecule has 2 aromatic carbocycles. The van der Waals surface area contributed by atoms with Crippen molar-refractivity contribution in [1.29, 1.82) is 0 Å². The fraction of sp³-hybridized carbons (Fsp3) is 0.462. The van der Waals surface area contributed by atoms with Crippen LogP contribution in [0.4, 0.5) is 4.39 Å². The molecule has 3 fully saturated rings. The van der Waals surface area contributed by atoms with Crippen molar-refractivity contribution in [3.05, 3.63) is 62.9 Å². The van der Waals surface area contributed by atoms with E-state index in [0.717, 1.165) is 31.2 Å². The van der Waals surface area contributed by atoms with Gasteiger partial charge in [0.15, 0.2) is 0 Å². The Balaban J connectivity index is 1.20. The maximum Gasteiger partial charge on any atom is 0.267 e. The molecule has 11 heteroatoms. The van der Waals surface area contributed by atoms with Crippen LogP contribution >= 0.6 is 23.2 Å². The second kappa shape index (κ2) is 10.4. The summed E-state index contributed by atoms with van der Waals surface area (Å²) in [5.41, 5.74) is 0.929. The Morgan fingerprint density at radius 1 is 1.00 bits per heavy atom. The molecule has 2 amide bonds. The summed E-state index contributed by atoms with van der Waals surface area (Å²) in [7, 11) is -3.77. The van der Waals surface area contributed by atoms with Gasteiger partial charge < -0.3 is 9.64 Å². The molecule has 2 aliphatic carbocycles. The number of ether oxygens (including phenoxy) is 1. The summed E-state index contributed by atoms with van der Waals surface area (Å²) in [6.07, 6.45) is 4.28. The quantitative estimate of drug-likeness (QED) is 0.474. The Morgan fingerprint density at radius 3 is 2.32 bits per heavy atom. The molecule has 0 spiro atoms. The minimum atomic E-state index is -3.77. The monoisotopic (exact) mass is 568 g/mol. The van der Waals surface area contributed by atoms with Crippen molar-refractivity contribution >= 4 is 45.0 Å². The summed E-state index contributed by atoms with van der Waals surface area (Å²) in [5.74, 6) is -1.14. The summed E-state index contributed by atoms with van der Waals surface area (Å²) >= 11 is 12.0. The molecule has 2 aromatic rings. The number of rotatable bonds is 8. The van der Waals surface area contributed by atoms with Crippen molar-refractivity contribution in [3.8, 4) is 5.75 Å². The molecule has 0 atom stereocenters. The van der Waals surface area contributed by atoms with Crippen LogP contribution in [-0.2, 0) is 10.0 Å². The van der Waals surface area contributed by atoms with Crippen LogP contribution < -0.4 is 9.46 Å². The molecule has 1 saturated heterocycles. The van der Waals surface area contributed by atoms with Crippen LogP contribution in [0, 0.1) is 11.7 Å². The van der Waals surface area contributed by atoms with Crippen molar-refractivity contribution < 1.29 is 27.1 Å². The first-order chi connectivity index (χ1) is 17.6. The third kappa shape index (κ3) is 6.04. The van der Waals surface area contributed by atoms with Gasteiger partial charge in [0, 0.05) is 24.7 Å². The fourth-order valence-corrected chi connectivity index (χ4v) is 6.14. The topological polar surface area (TPSA) is 92.8 Å². The number of amides is 2. The van der Waals surface area contributed by atoms with Gasteiger partial charge in [-0.25, -0.2) is 17.5 Å². The van der Waals surface area contributed by atoms with Crippen LogP contribution in [0.3, 0.4) is 0 Å². The number of carbonyl (C=O) groups excluding carboxylic acids is 2. The average Bonchev–Trinajstić information content (AvgIpc) is 3.76. The molecule has 3 aliphatic rings. The molecule has 0 bridgehead atoms. The maximum atomic E-state index is 14.9. The number of halogens is 3. The second-order valence-corrected chi connectivity index (χ2v) is 12.8. The standard InChI is InChI=1S/C26H27Cl2FN2O5S/c27-21-6-3-17(11-22(21)28)26(33)31-9-7-15(8-10-31)14-36-24-13-23(29)20(12-19(24)16-1-2-16)25(32)30-37(34,35)18-4-5-18/h3,6,11-13,15-16,18H,1-2,4-5,7-10,14H2,(H,30,32). The highest BCUT2D eigenvalue weighted by atomic mass is 35.5. The van der Waals surface area contributed by atoms with Gasteiger partial charge in [-0.3, -0.25) is 9.59 Å². The van der Waals surface area contributed by atoms with E-state index in [1.165, 1.54) is 12.1 Å². The molecule has 1 aliphatic heterocycles. The zero-order chi connectivity index (χ0) is 26.3. The van der Waals surface area contributed by atoms with Gasteiger partial charge in [-0.15, -0.1) is 0 Å². The van der Waals surface area contributed by atoms with Gasteiger partial charge in [0.25, 0.3) is 11.8 Å². The first kappa shape index (κ1) is 26.3. The van der Waals surface area contributed by atoms with Gasteiger partial charge in [-0.1, -0.05) is 23.2 Å². The van der Waals surface area contributed by atoms with Crippen molar-refractivity contribution in [2.24, 2.45) is 5.92 Å². The molecule has 37 heavy (non-hydrogen) atoms. The van der Waals surface area contributed by atoms with E-state index in [1.54, 1.807) is 23.1 Å². The summed E-state index contributed by atoms with van der Waals surface area (Å²) in [6.45, 7) is 1.48. The van der Waals surface area contributed by atoms with Crippen LogP contribution in [-0.4, -0.2) is 50.1 Å². The number of sulfonamides is 1. The van der Waals surface area contributed by atoms with E-state index in [0.29, 0.717) is 53.9 Å². The van der Waals surface area contributed by atoms with Crippen molar-refractivity contribution in [2.45, 2.75) is 49.7 Å². The van der Waals surface area contributed by atoms with Gasteiger partial charge in [0.1, 0.15) is 11.6 Å². The predicted molar refractivity (Wildman–Crippen MR) is 138 cm³/mol. The molecule has 198 valence electrons. The molecule has 0 aromatic heterocycles. The second-order valence-electron chi connectivity index (χ2n) is 10.00. The van der Waals surface area contributed by atoms with Crippen molar-refractivity contribution in [2.75, 3.05) is 19.7 Å². The molecule has 0 unspecified atom stereocenters. The molecule has 1 N–H and O–H groups in total. The summed E-state index contributed by atoms with van der Waals surface area (Å²) in [4.78, 5) is 27.1. The SMILES string of the molecule is O=C(NS(=O)(=O)C1CC1)c1cc(C2CC2)c(OCC2CCN(C(=O)c3ccc(Cl)c(Cl)c3)CC2)cc1F. The summed E-state index contributed by atoms with van der Waals surface area (Å²) in [6, 6.07) is 7.45. The summed E-state index contributed by atoms with van der Waals surface area (Å²) < 4.78 is 47.2. The third-order valence-electron chi connectivity index (χ3n) is 7.10. The highest BCUT2D eigenvalue weighted by molar-refractivity contribution is 7.91. The van der Waals surface area contributed by atoms with E-state index in [-0.39, 0.29) is 23.3 Å². The highest BCUT2D eigenvalue weighted by Crippen LogP contribution is 2.45. The van der Waals surface area contributed by atoms with E-state index >= 15 is 0 Å². The van der Waals surface area contributed by atoms with Gasteiger partial charge >= 0.3 is 0 Å². The average molecular weight is 569 g/mol. The molecule has 5 rings (SSSR count). The van der Waals surface area contributed by atoms with Gasteiger partial charge in [-0.2, -0.15) is 0 Å². The Labute approximate surface area is 225 Å². The maximum absolute atomic E-state index is 14.9. The fourth-order valence-electron chi connectivity index (χ4n) is 4.55. The smallest absolute Gasteiger partial charge is 0.267 e. The normalized spacial score (nSPS) is 18.5. The Morgan fingerprint density at radius 2 is 1.70 bits per heavy atom. The number of likely N-dealkylation sites (tertiary alicyclic amines) is 1. The summed E-state index contributed by atoms with van der Waals surface area (Å²) in [5, 5.41) is 0.159. The number of nitrogens with one attached hydrogen (secondary N) is 1. The van der Waals surface area contributed by atoms with E-state index < -0.39 is 27.0 Å². The van der Waals surface area contributed by atoms with Crippen molar-refractivity contribution in [3.63, 3.8) is 0 Å². The lowest BCUT2D eigenvalue weighted by Gasteiger charge is -2.32. The molecular formula is C26H27Cl2FN2O5S. The number of hydrogen-bond acceptors (Lipinski definition) is 5. The van der Waals surface area contributed by atoms with Gasteiger partial charge in [-0.05, 0) is 80.2 Å². The van der Waals surface area contributed by atoms with Crippen molar-refractivity contribution in [1.82, 2.24) is 9.62 Å². The van der Waals surface area contributed by atoms with Crippen LogP contribution in [0.25, 0.3) is 0 Å². The molecule has 0 radical (unpaired) electrons. The van der Waals surface area contributed by atoms with Crippen LogP contribution in [0.2, 0.25) is 10.0 Å². The lowest BCUT2D eigenvalue weighted by molar-refractivity contribution is 0.0660. The van der Waals surface area contributed by atoms with E-state index in [1.807, 2.05) is 4.72 Å². The molecule has 1 heterocycles. The lowest BCUT2D eigenvalue weighted by atomic mass is 9.97. The minimum Gasteiger partial charge on any atom is -0.493 e. The third-order valence-corrected chi connectivity index (χ3v) is 9.66. The van der Waals surface area contributed by atoms with Crippen LogP contribution in [0.15, 0.2) is 30.3 Å². The van der Waals surface area contributed by atoms with Crippen LogP contribution in [0.5, 0.6) is 5.75 Å². The zero-order valence-corrected chi connectivity index (χ0v) is 22.3. The largest absolute Gasteiger partial charge is 0.493 e.